The zero-order chi connectivity index (χ0) is 14.9. The third-order valence-electron chi connectivity index (χ3n) is 4.48. The summed E-state index contributed by atoms with van der Waals surface area (Å²) in [6.45, 7) is 3.18. The van der Waals surface area contributed by atoms with E-state index in [9.17, 15) is 0 Å². The molecule has 0 bridgehead atoms. The summed E-state index contributed by atoms with van der Waals surface area (Å²) in [6, 6.07) is 17.4. The van der Waals surface area contributed by atoms with Crippen molar-refractivity contribution in [1.82, 2.24) is 9.88 Å². The molecule has 0 unspecified atom stereocenters. The fourth-order valence-corrected chi connectivity index (χ4v) is 3.29. The number of hydrogen-bond donors (Lipinski definition) is 1. The average Bonchev–Trinajstić information content (AvgIpc) is 2.75. The molecule has 0 saturated heterocycles. The molecule has 2 aromatic carbocycles. The minimum Gasteiger partial charge on any atom is -0.497 e. The summed E-state index contributed by atoms with van der Waals surface area (Å²) in [6.07, 6.45) is 1.10. The quantitative estimate of drug-likeness (QED) is 0.783. The summed E-state index contributed by atoms with van der Waals surface area (Å²) in [7, 11) is 1.70. The molecule has 22 heavy (non-hydrogen) atoms. The SMILES string of the molecule is COc1ccc(-c2ccc3c(c2)cc2n3CCNCC2)cc1. The van der Waals surface area contributed by atoms with Crippen LogP contribution >= 0.6 is 0 Å². The van der Waals surface area contributed by atoms with Gasteiger partial charge in [0, 0.05) is 42.7 Å². The van der Waals surface area contributed by atoms with Crippen molar-refractivity contribution in [2.45, 2.75) is 13.0 Å². The zero-order valence-electron chi connectivity index (χ0n) is 12.8. The van der Waals surface area contributed by atoms with Crippen molar-refractivity contribution in [3.8, 4) is 16.9 Å². The highest BCUT2D eigenvalue weighted by molar-refractivity contribution is 5.86. The Morgan fingerprint density at radius 2 is 1.77 bits per heavy atom. The second kappa shape index (κ2) is 5.50. The highest BCUT2D eigenvalue weighted by atomic mass is 16.5. The maximum absolute atomic E-state index is 5.23. The van der Waals surface area contributed by atoms with Gasteiger partial charge in [0.15, 0.2) is 0 Å². The van der Waals surface area contributed by atoms with Crippen molar-refractivity contribution in [3.05, 3.63) is 54.2 Å². The van der Waals surface area contributed by atoms with E-state index in [1.54, 1.807) is 7.11 Å². The summed E-state index contributed by atoms with van der Waals surface area (Å²) < 4.78 is 7.68. The van der Waals surface area contributed by atoms with E-state index in [4.69, 9.17) is 4.74 Å². The molecule has 0 saturated carbocycles. The summed E-state index contributed by atoms with van der Waals surface area (Å²) in [5.74, 6) is 0.896. The first kappa shape index (κ1) is 13.4. The molecule has 0 aliphatic carbocycles. The molecule has 3 aromatic rings. The Bertz CT molecular complexity index is 802. The van der Waals surface area contributed by atoms with Gasteiger partial charge in [0.2, 0.25) is 0 Å². The molecule has 0 atom stereocenters. The molecular weight excluding hydrogens is 272 g/mol. The fraction of sp³-hybridized carbons (Fsp3) is 0.263. The van der Waals surface area contributed by atoms with Gasteiger partial charge in [0.1, 0.15) is 5.75 Å². The molecule has 3 nitrogen and oxygen atoms in total. The van der Waals surface area contributed by atoms with Gasteiger partial charge in [0.05, 0.1) is 7.11 Å². The summed E-state index contributed by atoms with van der Waals surface area (Å²) >= 11 is 0. The van der Waals surface area contributed by atoms with Crippen LogP contribution < -0.4 is 10.1 Å². The molecule has 1 aromatic heterocycles. The van der Waals surface area contributed by atoms with Crippen LogP contribution in [0.25, 0.3) is 22.0 Å². The Morgan fingerprint density at radius 1 is 0.955 bits per heavy atom. The van der Waals surface area contributed by atoms with Crippen LogP contribution in [0.3, 0.4) is 0 Å². The van der Waals surface area contributed by atoms with E-state index < -0.39 is 0 Å². The molecule has 0 fully saturated rings. The number of rotatable bonds is 2. The van der Waals surface area contributed by atoms with Crippen LogP contribution in [-0.2, 0) is 13.0 Å². The first-order valence-electron chi connectivity index (χ1n) is 7.82. The fourth-order valence-electron chi connectivity index (χ4n) is 3.29. The summed E-state index contributed by atoms with van der Waals surface area (Å²) in [4.78, 5) is 0. The second-order valence-corrected chi connectivity index (χ2v) is 5.79. The number of nitrogens with zero attached hydrogens (tertiary/aromatic N) is 1. The minimum atomic E-state index is 0.896. The van der Waals surface area contributed by atoms with Gasteiger partial charge < -0.3 is 14.6 Å². The topological polar surface area (TPSA) is 26.2 Å². The van der Waals surface area contributed by atoms with E-state index in [-0.39, 0.29) is 0 Å². The third kappa shape index (κ3) is 2.28. The molecule has 1 aliphatic rings. The van der Waals surface area contributed by atoms with Gasteiger partial charge in [-0.15, -0.1) is 0 Å². The summed E-state index contributed by atoms with van der Waals surface area (Å²) in [5.41, 5.74) is 5.27. The van der Waals surface area contributed by atoms with Gasteiger partial charge in [-0.2, -0.15) is 0 Å². The molecular formula is C19H20N2O. The number of ether oxygens (including phenoxy) is 1. The standard InChI is InChI=1S/C19H20N2O/c1-22-18-5-2-14(3-6-18)15-4-7-19-16(12-15)13-17-8-9-20-10-11-21(17)19/h2-7,12-13,20H,8-11H2,1H3. The van der Waals surface area contributed by atoms with Gasteiger partial charge in [-0.25, -0.2) is 0 Å². The first-order valence-corrected chi connectivity index (χ1v) is 7.82. The average molecular weight is 292 g/mol. The van der Waals surface area contributed by atoms with Crippen molar-refractivity contribution < 1.29 is 4.74 Å². The van der Waals surface area contributed by atoms with Gasteiger partial charge in [-0.1, -0.05) is 18.2 Å². The molecule has 0 spiro atoms. The lowest BCUT2D eigenvalue weighted by molar-refractivity contribution is 0.415. The summed E-state index contributed by atoms with van der Waals surface area (Å²) in [5, 5.41) is 4.80. The predicted octanol–water partition coefficient (Wildman–Crippen LogP) is 3.46. The van der Waals surface area contributed by atoms with Crippen molar-refractivity contribution in [1.29, 1.82) is 0 Å². The number of hydrogen-bond acceptors (Lipinski definition) is 2. The largest absolute Gasteiger partial charge is 0.497 e. The van der Waals surface area contributed by atoms with Gasteiger partial charge in [0.25, 0.3) is 0 Å². The Labute approximate surface area is 130 Å². The monoisotopic (exact) mass is 292 g/mol. The third-order valence-corrected chi connectivity index (χ3v) is 4.48. The van der Waals surface area contributed by atoms with E-state index in [2.05, 4.69) is 46.3 Å². The maximum Gasteiger partial charge on any atom is 0.118 e. The van der Waals surface area contributed by atoms with Crippen LogP contribution in [0.2, 0.25) is 0 Å². The van der Waals surface area contributed by atoms with Gasteiger partial charge >= 0.3 is 0 Å². The van der Waals surface area contributed by atoms with Crippen LogP contribution in [-0.4, -0.2) is 24.8 Å². The van der Waals surface area contributed by atoms with Crippen molar-refractivity contribution in [2.75, 3.05) is 20.2 Å². The van der Waals surface area contributed by atoms with Gasteiger partial charge in [-0.05, 0) is 41.5 Å². The number of nitrogens with one attached hydrogen (secondary N) is 1. The van der Waals surface area contributed by atoms with Gasteiger partial charge in [-0.3, -0.25) is 0 Å². The van der Waals surface area contributed by atoms with E-state index in [0.717, 1.165) is 31.8 Å². The minimum absolute atomic E-state index is 0.896. The highest BCUT2D eigenvalue weighted by Gasteiger charge is 2.12. The Kier molecular flexibility index (Phi) is 3.35. The highest BCUT2D eigenvalue weighted by Crippen LogP contribution is 2.28. The van der Waals surface area contributed by atoms with Crippen LogP contribution in [0.4, 0.5) is 0 Å². The maximum atomic E-state index is 5.23. The van der Waals surface area contributed by atoms with E-state index in [1.807, 2.05) is 12.1 Å². The van der Waals surface area contributed by atoms with Crippen molar-refractivity contribution >= 4 is 10.9 Å². The Balaban J connectivity index is 1.77. The smallest absolute Gasteiger partial charge is 0.118 e. The zero-order valence-corrected chi connectivity index (χ0v) is 12.8. The van der Waals surface area contributed by atoms with Crippen molar-refractivity contribution in [2.24, 2.45) is 0 Å². The lowest BCUT2D eigenvalue weighted by atomic mass is 10.0. The lowest BCUT2D eigenvalue weighted by Crippen LogP contribution is -2.17. The second-order valence-electron chi connectivity index (χ2n) is 5.79. The number of fused-ring (bicyclic) bond motifs is 3. The molecule has 2 heterocycles. The number of benzene rings is 2. The molecule has 1 aliphatic heterocycles. The molecule has 0 radical (unpaired) electrons. The molecule has 3 heteroatoms. The molecule has 0 amide bonds. The molecule has 1 N–H and O–H groups in total. The lowest BCUT2D eigenvalue weighted by Gasteiger charge is -2.07. The first-order chi connectivity index (χ1) is 10.8. The van der Waals surface area contributed by atoms with Crippen LogP contribution in [0.15, 0.2) is 48.5 Å². The molecule has 112 valence electrons. The Morgan fingerprint density at radius 3 is 2.59 bits per heavy atom. The van der Waals surface area contributed by atoms with E-state index in [0.29, 0.717) is 0 Å². The Hall–Kier alpha value is -2.26. The normalized spacial score (nSPS) is 14.6. The number of aromatic nitrogens is 1. The van der Waals surface area contributed by atoms with Crippen LogP contribution in [0.5, 0.6) is 5.75 Å². The van der Waals surface area contributed by atoms with Crippen molar-refractivity contribution in [3.63, 3.8) is 0 Å². The van der Waals surface area contributed by atoms with Crippen LogP contribution in [0.1, 0.15) is 5.69 Å². The van der Waals surface area contributed by atoms with Crippen LogP contribution in [0, 0.1) is 0 Å². The van der Waals surface area contributed by atoms with E-state index >= 15 is 0 Å². The molecule has 4 rings (SSSR count). The predicted molar refractivity (Wildman–Crippen MR) is 90.5 cm³/mol. The number of methoxy groups -OCH3 is 1. The van der Waals surface area contributed by atoms with E-state index in [1.165, 1.54) is 27.7 Å².